The van der Waals surface area contributed by atoms with Crippen molar-refractivity contribution in [1.29, 1.82) is 0 Å². The van der Waals surface area contributed by atoms with Crippen molar-refractivity contribution in [2.75, 3.05) is 24.5 Å². The minimum absolute atomic E-state index is 0.159. The zero-order valence-corrected chi connectivity index (χ0v) is 15.0. The van der Waals surface area contributed by atoms with Crippen LogP contribution in [0, 0.1) is 0 Å². The van der Waals surface area contributed by atoms with Crippen LogP contribution < -0.4 is 4.90 Å². The fourth-order valence-electron chi connectivity index (χ4n) is 3.36. The molecule has 2 fully saturated rings. The van der Waals surface area contributed by atoms with Crippen molar-refractivity contribution in [3.63, 3.8) is 0 Å². The van der Waals surface area contributed by atoms with Crippen molar-refractivity contribution in [2.24, 2.45) is 0 Å². The van der Waals surface area contributed by atoms with Crippen molar-refractivity contribution in [1.82, 2.24) is 9.80 Å². The van der Waals surface area contributed by atoms with Gasteiger partial charge in [0.1, 0.15) is 12.6 Å². The lowest BCUT2D eigenvalue weighted by Crippen LogP contribution is -2.43. The molecular formula is C18H22ClN3O3. The third-order valence-electron chi connectivity index (χ3n) is 4.80. The van der Waals surface area contributed by atoms with E-state index in [1.807, 2.05) is 0 Å². The maximum absolute atomic E-state index is 12.7. The zero-order chi connectivity index (χ0) is 18.0. The van der Waals surface area contributed by atoms with Gasteiger partial charge in [0.2, 0.25) is 5.91 Å². The van der Waals surface area contributed by atoms with Gasteiger partial charge in [0.15, 0.2) is 0 Å². The minimum atomic E-state index is -0.634. The van der Waals surface area contributed by atoms with E-state index in [9.17, 15) is 14.4 Å². The number of likely N-dealkylation sites (tertiary alicyclic amines) is 1. The standard InChI is InChI=1S/C18H22ClN3O3/c1-13-17(24)21(12-16(23)20-10-4-2-3-5-11-20)18(25)22(13)15-8-6-14(19)7-9-15/h6-9,13H,2-5,10-12H2,1H3. The number of nitrogens with zero attached hydrogens (tertiary/aromatic N) is 3. The lowest BCUT2D eigenvalue weighted by atomic mass is 10.2. The van der Waals surface area contributed by atoms with Gasteiger partial charge >= 0.3 is 6.03 Å². The van der Waals surface area contributed by atoms with Gasteiger partial charge in [-0.15, -0.1) is 0 Å². The van der Waals surface area contributed by atoms with Crippen LogP contribution in [0.4, 0.5) is 10.5 Å². The van der Waals surface area contributed by atoms with E-state index in [-0.39, 0.29) is 18.4 Å². The first kappa shape index (κ1) is 17.7. The molecule has 0 N–H and O–H groups in total. The number of carbonyl (C=O) groups is 3. The van der Waals surface area contributed by atoms with Crippen LogP contribution in [0.25, 0.3) is 0 Å². The lowest BCUT2D eigenvalue weighted by molar-refractivity contribution is -0.137. The van der Waals surface area contributed by atoms with Gasteiger partial charge in [-0.2, -0.15) is 0 Å². The van der Waals surface area contributed by atoms with E-state index in [0.29, 0.717) is 23.8 Å². The smallest absolute Gasteiger partial charge is 0.332 e. The Morgan fingerprint density at radius 3 is 2.28 bits per heavy atom. The quantitative estimate of drug-likeness (QED) is 0.776. The van der Waals surface area contributed by atoms with Crippen molar-refractivity contribution in [3.05, 3.63) is 29.3 Å². The summed E-state index contributed by atoms with van der Waals surface area (Å²) in [7, 11) is 0. The Labute approximate surface area is 152 Å². The highest BCUT2D eigenvalue weighted by atomic mass is 35.5. The second-order valence-corrected chi connectivity index (χ2v) is 6.96. The first-order chi connectivity index (χ1) is 12.0. The Balaban J connectivity index is 1.73. The Morgan fingerprint density at radius 2 is 1.68 bits per heavy atom. The van der Waals surface area contributed by atoms with E-state index in [1.54, 1.807) is 36.1 Å². The van der Waals surface area contributed by atoms with Crippen LogP contribution in [0.2, 0.25) is 5.02 Å². The minimum Gasteiger partial charge on any atom is -0.341 e. The van der Waals surface area contributed by atoms with Gasteiger partial charge in [-0.1, -0.05) is 24.4 Å². The molecule has 7 heteroatoms. The molecule has 1 atom stereocenters. The molecule has 1 unspecified atom stereocenters. The Kier molecular flexibility index (Phi) is 5.27. The normalized spacial score (nSPS) is 21.7. The molecule has 1 aromatic carbocycles. The molecule has 0 radical (unpaired) electrons. The van der Waals surface area contributed by atoms with Crippen molar-refractivity contribution in [2.45, 2.75) is 38.6 Å². The molecule has 0 saturated carbocycles. The molecule has 0 spiro atoms. The molecule has 25 heavy (non-hydrogen) atoms. The first-order valence-corrected chi connectivity index (χ1v) is 9.05. The summed E-state index contributed by atoms with van der Waals surface area (Å²) in [5.41, 5.74) is 0.597. The van der Waals surface area contributed by atoms with Gasteiger partial charge < -0.3 is 4.90 Å². The molecule has 1 aromatic rings. The SMILES string of the molecule is CC1C(=O)N(CC(=O)N2CCCCCC2)C(=O)N1c1ccc(Cl)cc1. The summed E-state index contributed by atoms with van der Waals surface area (Å²) < 4.78 is 0. The predicted molar refractivity (Wildman–Crippen MR) is 95.6 cm³/mol. The fraction of sp³-hybridized carbons (Fsp3) is 0.500. The van der Waals surface area contributed by atoms with Gasteiger partial charge in [-0.25, -0.2) is 4.79 Å². The number of carbonyl (C=O) groups excluding carboxylic acids is 3. The van der Waals surface area contributed by atoms with Crippen LogP contribution in [-0.2, 0) is 9.59 Å². The van der Waals surface area contributed by atoms with E-state index in [4.69, 9.17) is 11.6 Å². The molecule has 6 nitrogen and oxygen atoms in total. The molecule has 2 heterocycles. The van der Waals surface area contributed by atoms with Crippen LogP contribution >= 0.6 is 11.6 Å². The maximum Gasteiger partial charge on any atom is 0.332 e. The van der Waals surface area contributed by atoms with Crippen LogP contribution in [0.3, 0.4) is 0 Å². The highest BCUT2D eigenvalue weighted by Gasteiger charge is 2.44. The first-order valence-electron chi connectivity index (χ1n) is 8.67. The highest BCUT2D eigenvalue weighted by Crippen LogP contribution is 2.27. The maximum atomic E-state index is 12.7. The molecule has 0 bridgehead atoms. The Hall–Kier alpha value is -2.08. The summed E-state index contributed by atoms with van der Waals surface area (Å²) in [5, 5.41) is 0.558. The Bertz CT molecular complexity index is 669. The summed E-state index contributed by atoms with van der Waals surface area (Å²) in [6, 6.07) is 5.65. The van der Waals surface area contributed by atoms with Crippen molar-refractivity contribution < 1.29 is 14.4 Å². The second-order valence-electron chi connectivity index (χ2n) is 6.52. The van der Waals surface area contributed by atoms with Crippen molar-refractivity contribution >= 4 is 35.1 Å². The van der Waals surface area contributed by atoms with Crippen molar-refractivity contribution in [3.8, 4) is 0 Å². The topological polar surface area (TPSA) is 60.9 Å². The van der Waals surface area contributed by atoms with Crippen LogP contribution in [-0.4, -0.2) is 53.3 Å². The third-order valence-corrected chi connectivity index (χ3v) is 5.06. The number of hydrogen-bond acceptors (Lipinski definition) is 3. The van der Waals surface area contributed by atoms with Crippen LogP contribution in [0.5, 0.6) is 0 Å². The van der Waals surface area contributed by atoms with Gasteiger partial charge in [0.05, 0.1) is 0 Å². The number of amides is 4. The monoisotopic (exact) mass is 363 g/mol. The lowest BCUT2D eigenvalue weighted by Gasteiger charge is -2.23. The van der Waals surface area contributed by atoms with Crippen LogP contribution in [0.1, 0.15) is 32.6 Å². The number of urea groups is 1. The van der Waals surface area contributed by atoms with Gasteiger partial charge in [-0.05, 0) is 44.0 Å². The predicted octanol–water partition coefficient (Wildman–Crippen LogP) is 2.90. The number of anilines is 1. The average molecular weight is 364 g/mol. The zero-order valence-electron chi connectivity index (χ0n) is 14.3. The molecule has 0 aliphatic carbocycles. The summed E-state index contributed by atoms with van der Waals surface area (Å²) in [4.78, 5) is 42.0. The summed E-state index contributed by atoms with van der Waals surface area (Å²) in [6.07, 6.45) is 4.18. The van der Waals surface area contributed by atoms with Gasteiger partial charge in [-0.3, -0.25) is 19.4 Å². The number of benzene rings is 1. The molecule has 2 aliphatic heterocycles. The Morgan fingerprint density at radius 1 is 1.08 bits per heavy atom. The molecule has 0 aromatic heterocycles. The summed E-state index contributed by atoms with van der Waals surface area (Å²) >= 11 is 5.89. The number of halogens is 1. The summed E-state index contributed by atoms with van der Waals surface area (Å²) in [5.74, 6) is -0.503. The van der Waals surface area contributed by atoms with E-state index in [2.05, 4.69) is 0 Å². The van der Waals surface area contributed by atoms with E-state index in [1.165, 1.54) is 4.90 Å². The molecule has 2 saturated heterocycles. The van der Waals surface area contributed by atoms with Gasteiger partial charge in [0, 0.05) is 23.8 Å². The number of imide groups is 1. The fourth-order valence-corrected chi connectivity index (χ4v) is 3.49. The largest absolute Gasteiger partial charge is 0.341 e. The molecule has 3 rings (SSSR count). The average Bonchev–Trinajstić information content (AvgIpc) is 2.83. The van der Waals surface area contributed by atoms with E-state index >= 15 is 0 Å². The number of hydrogen-bond donors (Lipinski definition) is 0. The molecule has 4 amide bonds. The third kappa shape index (κ3) is 3.63. The van der Waals surface area contributed by atoms with E-state index < -0.39 is 12.1 Å². The van der Waals surface area contributed by atoms with Gasteiger partial charge in [0.25, 0.3) is 5.91 Å². The summed E-state index contributed by atoms with van der Waals surface area (Å²) in [6.45, 7) is 2.88. The van der Waals surface area contributed by atoms with Crippen LogP contribution in [0.15, 0.2) is 24.3 Å². The van der Waals surface area contributed by atoms with E-state index in [0.717, 1.165) is 30.6 Å². The molecule has 2 aliphatic rings. The number of rotatable bonds is 3. The second kappa shape index (κ2) is 7.44. The molecular weight excluding hydrogens is 342 g/mol. The highest BCUT2D eigenvalue weighted by molar-refractivity contribution is 6.30. The molecule has 134 valence electrons.